The summed E-state index contributed by atoms with van der Waals surface area (Å²) < 4.78 is 30.8. The lowest BCUT2D eigenvalue weighted by Crippen LogP contribution is -2.30. The Balaban J connectivity index is 2.23. The van der Waals surface area contributed by atoms with Crippen molar-refractivity contribution in [3.8, 4) is 0 Å². The minimum atomic E-state index is -3.67. The lowest BCUT2D eigenvalue weighted by atomic mass is 10.1. The summed E-state index contributed by atoms with van der Waals surface area (Å²) in [5.74, 6) is -0.808. The van der Waals surface area contributed by atoms with Gasteiger partial charge in [-0.1, -0.05) is 11.6 Å². The Bertz CT molecular complexity index is 632. The number of esters is 1. The molecule has 2 rings (SSSR count). The minimum Gasteiger partial charge on any atom is -0.469 e. The average Bonchev–Trinajstić information content (AvgIpc) is 2.91. The number of ether oxygens (including phenoxy) is 1. The van der Waals surface area contributed by atoms with E-state index in [1.165, 1.54) is 29.6 Å². The van der Waals surface area contributed by atoms with Crippen molar-refractivity contribution in [1.29, 1.82) is 0 Å². The molecule has 1 atom stereocenters. The van der Waals surface area contributed by atoms with Crippen LogP contribution in [0.25, 0.3) is 0 Å². The van der Waals surface area contributed by atoms with Crippen LogP contribution >= 0.6 is 11.6 Å². The van der Waals surface area contributed by atoms with E-state index in [1.807, 2.05) is 0 Å². The summed E-state index contributed by atoms with van der Waals surface area (Å²) >= 11 is 5.78. The van der Waals surface area contributed by atoms with Gasteiger partial charge in [-0.15, -0.1) is 0 Å². The first-order valence-electron chi connectivity index (χ1n) is 5.99. The van der Waals surface area contributed by atoms with Crippen molar-refractivity contribution >= 4 is 33.3 Å². The number of benzene rings is 1. The first-order chi connectivity index (χ1) is 9.36. The van der Waals surface area contributed by atoms with Crippen LogP contribution < -0.4 is 5.73 Å². The number of rotatable bonds is 3. The van der Waals surface area contributed by atoms with Gasteiger partial charge in [0.05, 0.1) is 28.6 Å². The van der Waals surface area contributed by atoms with Gasteiger partial charge in [-0.3, -0.25) is 4.79 Å². The van der Waals surface area contributed by atoms with E-state index < -0.39 is 21.9 Å². The van der Waals surface area contributed by atoms with Crippen molar-refractivity contribution in [1.82, 2.24) is 4.31 Å². The van der Waals surface area contributed by atoms with Gasteiger partial charge in [-0.05, 0) is 24.6 Å². The van der Waals surface area contributed by atoms with E-state index in [4.69, 9.17) is 17.3 Å². The third kappa shape index (κ3) is 2.74. The normalized spacial score (nSPS) is 20.0. The molecule has 20 heavy (non-hydrogen) atoms. The maximum absolute atomic E-state index is 12.4. The van der Waals surface area contributed by atoms with Crippen LogP contribution in [0.2, 0.25) is 5.02 Å². The van der Waals surface area contributed by atoms with E-state index >= 15 is 0 Å². The molecule has 0 aromatic heterocycles. The highest BCUT2D eigenvalue weighted by atomic mass is 35.5. The summed E-state index contributed by atoms with van der Waals surface area (Å²) in [6.45, 7) is 0.405. The Hall–Kier alpha value is -1.31. The number of halogens is 1. The van der Waals surface area contributed by atoms with E-state index in [-0.39, 0.29) is 23.7 Å². The van der Waals surface area contributed by atoms with Crippen molar-refractivity contribution in [3.05, 3.63) is 23.2 Å². The third-order valence-electron chi connectivity index (χ3n) is 3.29. The summed E-state index contributed by atoms with van der Waals surface area (Å²) in [6.07, 6.45) is 0.453. The predicted octanol–water partition coefficient (Wildman–Crippen LogP) is 1.11. The number of nitrogens with two attached hydrogens (primary N) is 1. The van der Waals surface area contributed by atoms with Crippen LogP contribution in [0.4, 0.5) is 5.69 Å². The summed E-state index contributed by atoms with van der Waals surface area (Å²) in [4.78, 5) is 11.5. The predicted molar refractivity (Wildman–Crippen MR) is 74.7 cm³/mol. The molecule has 1 aliphatic heterocycles. The Labute approximate surface area is 122 Å². The van der Waals surface area contributed by atoms with Crippen molar-refractivity contribution in [2.75, 3.05) is 25.9 Å². The molecule has 1 aromatic rings. The highest BCUT2D eigenvalue weighted by Gasteiger charge is 2.36. The first kappa shape index (κ1) is 15.1. The van der Waals surface area contributed by atoms with Gasteiger partial charge in [0.2, 0.25) is 10.0 Å². The van der Waals surface area contributed by atoms with Gasteiger partial charge in [0.1, 0.15) is 0 Å². The zero-order valence-electron chi connectivity index (χ0n) is 10.9. The summed E-state index contributed by atoms with van der Waals surface area (Å²) in [6, 6.07) is 4.17. The second kappa shape index (κ2) is 5.59. The largest absolute Gasteiger partial charge is 0.469 e. The van der Waals surface area contributed by atoms with E-state index in [0.29, 0.717) is 11.4 Å². The number of hydrogen-bond acceptors (Lipinski definition) is 5. The number of sulfonamides is 1. The molecular weight excluding hydrogens is 304 g/mol. The van der Waals surface area contributed by atoms with Gasteiger partial charge in [-0.2, -0.15) is 4.31 Å². The van der Waals surface area contributed by atoms with Crippen LogP contribution in [0.3, 0.4) is 0 Å². The van der Waals surface area contributed by atoms with Crippen LogP contribution in [0.15, 0.2) is 23.1 Å². The summed E-state index contributed by atoms with van der Waals surface area (Å²) in [5, 5.41) is 0.304. The lowest BCUT2D eigenvalue weighted by molar-refractivity contribution is -0.144. The summed E-state index contributed by atoms with van der Waals surface area (Å²) in [5.41, 5.74) is 5.83. The molecule has 6 nitrogen and oxygen atoms in total. The molecule has 8 heteroatoms. The van der Waals surface area contributed by atoms with Crippen molar-refractivity contribution < 1.29 is 17.9 Å². The number of nitrogens with zero attached hydrogens (tertiary/aromatic N) is 1. The highest BCUT2D eigenvalue weighted by Crippen LogP contribution is 2.28. The van der Waals surface area contributed by atoms with Crippen LogP contribution in [-0.4, -0.2) is 38.9 Å². The molecule has 1 fully saturated rings. The molecule has 0 bridgehead atoms. The number of carbonyl (C=O) groups is 1. The molecule has 0 aliphatic carbocycles. The molecule has 1 unspecified atom stereocenters. The topological polar surface area (TPSA) is 89.7 Å². The zero-order chi connectivity index (χ0) is 14.9. The number of anilines is 1. The van der Waals surface area contributed by atoms with Gasteiger partial charge in [0, 0.05) is 13.1 Å². The third-order valence-corrected chi connectivity index (χ3v) is 5.50. The van der Waals surface area contributed by atoms with Gasteiger partial charge >= 0.3 is 5.97 Å². The van der Waals surface area contributed by atoms with Gasteiger partial charge in [0.25, 0.3) is 0 Å². The van der Waals surface area contributed by atoms with Gasteiger partial charge in [0.15, 0.2) is 0 Å². The number of nitrogen functional groups attached to an aromatic ring is 1. The molecule has 0 spiro atoms. The van der Waals surface area contributed by atoms with Crippen molar-refractivity contribution in [2.24, 2.45) is 5.92 Å². The Morgan fingerprint density at radius 2 is 2.20 bits per heavy atom. The molecular formula is C12H15ClN2O4S. The quantitative estimate of drug-likeness (QED) is 0.666. The average molecular weight is 319 g/mol. The van der Waals surface area contributed by atoms with Gasteiger partial charge < -0.3 is 10.5 Å². The standard InChI is InChI=1S/C12H15ClN2O4S/c1-19-12(16)8-4-5-15(7-8)20(17,18)9-2-3-10(13)11(14)6-9/h2-3,6,8H,4-5,7,14H2,1H3. The Morgan fingerprint density at radius 1 is 1.50 bits per heavy atom. The Morgan fingerprint density at radius 3 is 2.80 bits per heavy atom. The highest BCUT2D eigenvalue weighted by molar-refractivity contribution is 7.89. The van der Waals surface area contributed by atoms with Crippen LogP contribution in [0.1, 0.15) is 6.42 Å². The molecule has 1 saturated heterocycles. The smallest absolute Gasteiger partial charge is 0.310 e. The number of hydrogen-bond donors (Lipinski definition) is 1. The first-order valence-corrected chi connectivity index (χ1v) is 7.81. The SMILES string of the molecule is COC(=O)C1CCN(S(=O)(=O)c2ccc(Cl)c(N)c2)C1. The number of carbonyl (C=O) groups excluding carboxylic acids is 1. The zero-order valence-corrected chi connectivity index (χ0v) is 12.4. The lowest BCUT2D eigenvalue weighted by Gasteiger charge is -2.16. The van der Waals surface area contributed by atoms with E-state index in [0.717, 1.165) is 0 Å². The summed E-state index contributed by atoms with van der Waals surface area (Å²) in [7, 11) is -2.37. The fraction of sp³-hybridized carbons (Fsp3) is 0.417. The molecule has 110 valence electrons. The monoisotopic (exact) mass is 318 g/mol. The molecule has 0 saturated carbocycles. The second-order valence-electron chi connectivity index (χ2n) is 4.56. The molecule has 0 amide bonds. The Kier molecular flexibility index (Phi) is 4.22. The molecule has 0 radical (unpaired) electrons. The van der Waals surface area contributed by atoms with Crippen LogP contribution in [-0.2, 0) is 19.6 Å². The maximum Gasteiger partial charge on any atom is 0.310 e. The molecule has 1 heterocycles. The van der Waals surface area contributed by atoms with Crippen LogP contribution in [0, 0.1) is 5.92 Å². The van der Waals surface area contributed by atoms with E-state index in [9.17, 15) is 13.2 Å². The fourth-order valence-electron chi connectivity index (χ4n) is 2.14. The van der Waals surface area contributed by atoms with Crippen molar-refractivity contribution in [2.45, 2.75) is 11.3 Å². The maximum atomic E-state index is 12.4. The van der Waals surface area contributed by atoms with E-state index in [1.54, 1.807) is 0 Å². The van der Waals surface area contributed by atoms with Crippen LogP contribution in [0.5, 0.6) is 0 Å². The fourth-order valence-corrected chi connectivity index (χ4v) is 3.79. The van der Waals surface area contributed by atoms with Crippen molar-refractivity contribution in [3.63, 3.8) is 0 Å². The van der Waals surface area contributed by atoms with Gasteiger partial charge in [-0.25, -0.2) is 8.42 Å². The molecule has 1 aliphatic rings. The molecule has 1 aromatic carbocycles. The minimum absolute atomic E-state index is 0.0740. The molecule has 2 N–H and O–H groups in total. The number of methoxy groups -OCH3 is 1. The second-order valence-corrected chi connectivity index (χ2v) is 6.90. The van der Waals surface area contributed by atoms with E-state index in [2.05, 4.69) is 4.74 Å².